The molecule has 1 aromatic carbocycles. The number of aliphatic carboxylic acids is 1. The molecule has 0 bridgehead atoms. The standard InChI is InChI=1S/C20H21F3N2O5S/c1-10(8-12-4-6-13(7-5-12)18(28)29-3)25-9-14(30-16(25)17(26)27)15-11(2)31-19(24-15)20(21,22)23/h4-7,10,14,16H,8-9H2,1-3H3,(H,26,27). The molecule has 1 aliphatic heterocycles. The highest BCUT2D eigenvalue weighted by Crippen LogP contribution is 2.39. The summed E-state index contributed by atoms with van der Waals surface area (Å²) in [6, 6.07) is 6.42. The van der Waals surface area contributed by atoms with E-state index in [-0.39, 0.29) is 18.3 Å². The molecule has 0 aliphatic carbocycles. The van der Waals surface area contributed by atoms with Gasteiger partial charge in [0.1, 0.15) is 6.10 Å². The smallest absolute Gasteiger partial charge is 0.443 e. The molecule has 11 heteroatoms. The van der Waals surface area contributed by atoms with Crippen molar-refractivity contribution < 1.29 is 37.3 Å². The van der Waals surface area contributed by atoms with Crippen molar-refractivity contribution in [2.24, 2.45) is 0 Å². The van der Waals surface area contributed by atoms with Crippen LogP contribution in [-0.4, -0.2) is 52.9 Å². The molecule has 168 valence electrons. The molecule has 7 nitrogen and oxygen atoms in total. The van der Waals surface area contributed by atoms with Crippen molar-refractivity contribution in [3.63, 3.8) is 0 Å². The average Bonchev–Trinajstić information content (AvgIpc) is 3.31. The van der Waals surface area contributed by atoms with Gasteiger partial charge >= 0.3 is 18.1 Å². The van der Waals surface area contributed by atoms with E-state index in [9.17, 15) is 27.9 Å². The number of nitrogens with zero attached hydrogens (tertiary/aromatic N) is 2. The van der Waals surface area contributed by atoms with Gasteiger partial charge in [0, 0.05) is 17.5 Å². The molecular formula is C20H21F3N2O5S. The highest BCUT2D eigenvalue weighted by Gasteiger charge is 2.44. The van der Waals surface area contributed by atoms with Crippen LogP contribution in [0.4, 0.5) is 13.2 Å². The number of aromatic nitrogens is 1. The predicted molar refractivity (Wildman–Crippen MR) is 105 cm³/mol. The van der Waals surface area contributed by atoms with Crippen molar-refractivity contribution in [2.45, 2.75) is 44.8 Å². The summed E-state index contributed by atoms with van der Waals surface area (Å²) in [5.74, 6) is -1.68. The fraction of sp³-hybridized carbons (Fsp3) is 0.450. The van der Waals surface area contributed by atoms with Crippen LogP contribution in [0.25, 0.3) is 0 Å². The van der Waals surface area contributed by atoms with Crippen molar-refractivity contribution >= 4 is 23.3 Å². The van der Waals surface area contributed by atoms with Gasteiger partial charge in [-0.05, 0) is 38.0 Å². The molecule has 3 unspecified atom stereocenters. The zero-order chi connectivity index (χ0) is 22.9. The Morgan fingerprint density at radius 2 is 2.00 bits per heavy atom. The van der Waals surface area contributed by atoms with E-state index in [0.29, 0.717) is 28.2 Å². The second-order valence-electron chi connectivity index (χ2n) is 7.21. The normalized spacial score (nSPS) is 20.6. The van der Waals surface area contributed by atoms with E-state index < -0.39 is 35.5 Å². The number of methoxy groups -OCH3 is 1. The van der Waals surface area contributed by atoms with E-state index in [1.165, 1.54) is 14.0 Å². The summed E-state index contributed by atoms with van der Waals surface area (Å²) >= 11 is 0.516. The quantitative estimate of drug-likeness (QED) is 0.661. The summed E-state index contributed by atoms with van der Waals surface area (Å²) in [5.41, 5.74) is 1.36. The van der Waals surface area contributed by atoms with Gasteiger partial charge in [0.25, 0.3) is 0 Å². The minimum atomic E-state index is -4.57. The van der Waals surface area contributed by atoms with Gasteiger partial charge in [-0.2, -0.15) is 13.2 Å². The number of carbonyl (C=O) groups is 2. The third-order valence-corrected chi connectivity index (χ3v) is 6.07. The second-order valence-corrected chi connectivity index (χ2v) is 8.42. The number of halogens is 3. The maximum Gasteiger partial charge on any atom is 0.443 e. The molecule has 31 heavy (non-hydrogen) atoms. The van der Waals surface area contributed by atoms with Crippen LogP contribution in [0.3, 0.4) is 0 Å². The van der Waals surface area contributed by atoms with Gasteiger partial charge in [0.2, 0.25) is 6.23 Å². The summed E-state index contributed by atoms with van der Waals surface area (Å²) in [5, 5.41) is 8.60. The largest absolute Gasteiger partial charge is 0.478 e. The molecule has 1 aliphatic rings. The first-order valence-corrected chi connectivity index (χ1v) is 10.2. The van der Waals surface area contributed by atoms with Gasteiger partial charge in [-0.25, -0.2) is 14.6 Å². The Labute approximate surface area is 180 Å². The maximum absolute atomic E-state index is 13.0. The summed E-state index contributed by atoms with van der Waals surface area (Å²) in [6.45, 7) is 3.42. The van der Waals surface area contributed by atoms with Crippen LogP contribution < -0.4 is 0 Å². The first kappa shape index (κ1) is 23.2. The summed E-state index contributed by atoms with van der Waals surface area (Å²) in [4.78, 5) is 28.9. The van der Waals surface area contributed by atoms with Crippen LogP contribution in [0.2, 0.25) is 0 Å². The Kier molecular flexibility index (Phi) is 6.68. The molecule has 2 aromatic rings. The molecular weight excluding hydrogens is 437 g/mol. The molecule has 0 saturated carbocycles. The van der Waals surface area contributed by atoms with E-state index in [0.717, 1.165) is 5.56 Å². The number of thiazole rings is 1. The molecule has 3 atom stereocenters. The van der Waals surface area contributed by atoms with Crippen LogP contribution in [-0.2, 0) is 26.9 Å². The Morgan fingerprint density at radius 1 is 1.35 bits per heavy atom. The van der Waals surface area contributed by atoms with Crippen LogP contribution in [0.1, 0.15) is 44.5 Å². The molecule has 0 radical (unpaired) electrons. The maximum atomic E-state index is 13.0. The number of carbonyl (C=O) groups excluding carboxylic acids is 1. The molecule has 1 fully saturated rings. The Morgan fingerprint density at radius 3 is 2.52 bits per heavy atom. The second kappa shape index (κ2) is 8.93. The number of esters is 1. The highest BCUT2D eigenvalue weighted by atomic mass is 32.1. The van der Waals surface area contributed by atoms with Gasteiger partial charge in [-0.15, -0.1) is 11.3 Å². The van der Waals surface area contributed by atoms with Gasteiger partial charge < -0.3 is 14.6 Å². The van der Waals surface area contributed by atoms with Crippen molar-refractivity contribution in [3.8, 4) is 0 Å². The number of rotatable bonds is 6. The number of aryl methyl sites for hydroxylation is 1. The molecule has 1 aromatic heterocycles. The predicted octanol–water partition coefficient (Wildman–Crippen LogP) is 3.67. The number of carboxylic acids is 1. The molecule has 3 rings (SSSR count). The zero-order valence-electron chi connectivity index (χ0n) is 17.0. The number of benzene rings is 1. The minimum Gasteiger partial charge on any atom is -0.478 e. The van der Waals surface area contributed by atoms with E-state index in [1.54, 1.807) is 29.2 Å². The van der Waals surface area contributed by atoms with E-state index in [4.69, 9.17) is 4.74 Å². The molecule has 1 saturated heterocycles. The molecule has 0 spiro atoms. The number of hydrogen-bond donors (Lipinski definition) is 1. The van der Waals surface area contributed by atoms with Crippen LogP contribution in [0, 0.1) is 6.92 Å². The van der Waals surface area contributed by atoms with Gasteiger partial charge in [0.15, 0.2) is 5.01 Å². The fourth-order valence-corrected chi connectivity index (χ4v) is 4.34. The average molecular weight is 458 g/mol. The number of hydrogen-bond acceptors (Lipinski definition) is 7. The first-order valence-electron chi connectivity index (χ1n) is 9.37. The summed E-state index contributed by atoms with van der Waals surface area (Å²) in [7, 11) is 1.29. The molecule has 1 N–H and O–H groups in total. The van der Waals surface area contributed by atoms with Gasteiger partial charge in [0.05, 0.1) is 18.4 Å². The fourth-order valence-electron chi connectivity index (χ4n) is 3.51. The lowest BCUT2D eigenvalue weighted by atomic mass is 10.0. The van der Waals surface area contributed by atoms with E-state index >= 15 is 0 Å². The van der Waals surface area contributed by atoms with Crippen molar-refractivity contribution in [2.75, 3.05) is 13.7 Å². The van der Waals surface area contributed by atoms with Crippen LogP contribution in [0.5, 0.6) is 0 Å². The third kappa shape index (κ3) is 5.05. The third-order valence-electron chi connectivity index (χ3n) is 5.03. The van der Waals surface area contributed by atoms with Crippen molar-refractivity contribution in [3.05, 3.63) is 51.0 Å². The van der Waals surface area contributed by atoms with Gasteiger partial charge in [-0.3, -0.25) is 4.90 Å². The lowest BCUT2D eigenvalue weighted by Crippen LogP contribution is -2.43. The van der Waals surface area contributed by atoms with E-state index in [2.05, 4.69) is 9.72 Å². The lowest BCUT2D eigenvalue weighted by Gasteiger charge is -2.26. The molecule has 0 amide bonds. The number of ether oxygens (including phenoxy) is 2. The zero-order valence-corrected chi connectivity index (χ0v) is 17.8. The van der Waals surface area contributed by atoms with E-state index in [1.807, 2.05) is 6.92 Å². The summed E-state index contributed by atoms with van der Waals surface area (Å²) in [6.07, 6.45) is -6.30. The Balaban J connectivity index is 1.76. The Hall–Kier alpha value is -2.50. The Bertz CT molecular complexity index is 961. The monoisotopic (exact) mass is 458 g/mol. The highest BCUT2D eigenvalue weighted by molar-refractivity contribution is 7.11. The van der Waals surface area contributed by atoms with Gasteiger partial charge in [-0.1, -0.05) is 12.1 Å². The SMILES string of the molecule is COC(=O)c1ccc(CC(C)N2CC(c3nc(C(F)(F)F)sc3C)OC2C(=O)O)cc1. The first-order chi connectivity index (χ1) is 14.5. The minimum absolute atomic E-state index is 0.0975. The van der Waals surface area contributed by atoms with Crippen molar-refractivity contribution in [1.82, 2.24) is 9.88 Å². The molecule has 2 heterocycles. The van der Waals surface area contributed by atoms with Crippen molar-refractivity contribution in [1.29, 1.82) is 0 Å². The number of alkyl halides is 3. The van der Waals surface area contributed by atoms with Crippen LogP contribution >= 0.6 is 11.3 Å². The topological polar surface area (TPSA) is 89.0 Å². The summed E-state index contributed by atoms with van der Waals surface area (Å²) < 4.78 is 49.2. The van der Waals surface area contributed by atoms with Crippen LogP contribution in [0.15, 0.2) is 24.3 Å². The number of carboxylic acid groups (broad SMARTS) is 1. The lowest BCUT2D eigenvalue weighted by molar-refractivity contribution is -0.158.